The average molecular weight is 421 g/mol. The summed E-state index contributed by atoms with van der Waals surface area (Å²) in [6.45, 7) is 1.36. The highest BCUT2D eigenvalue weighted by Crippen LogP contribution is 2.32. The minimum atomic E-state index is -4.05. The number of nitrogens with two attached hydrogens (primary N) is 1. The van der Waals surface area contributed by atoms with Gasteiger partial charge in [-0.2, -0.15) is 8.42 Å². The van der Waals surface area contributed by atoms with Crippen molar-refractivity contribution < 1.29 is 27.6 Å². The topological polar surface area (TPSA) is 163 Å². The van der Waals surface area contributed by atoms with Crippen LogP contribution in [0.15, 0.2) is 41.8 Å². The number of nitrogens with zero attached hydrogens (tertiary/aromatic N) is 4. The molecule has 1 saturated heterocycles. The molecule has 4 rings (SSSR count). The smallest absolute Gasteiger partial charge is 0.297 e. The summed E-state index contributed by atoms with van der Waals surface area (Å²) < 4.78 is 36.8. The monoisotopic (exact) mass is 421 g/mol. The van der Waals surface area contributed by atoms with Gasteiger partial charge < -0.3 is 20.7 Å². The molecule has 154 valence electrons. The number of imidazole rings is 1. The van der Waals surface area contributed by atoms with E-state index in [-0.39, 0.29) is 10.7 Å². The lowest BCUT2D eigenvalue weighted by molar-refractivity contribution is -0.0467. The molecule has 3 heterocycles. The van der Waals surface area contributed by atoms with Crippen LogP contribution in [-0.4, -0.2) is 63.1 Å². The molecule has 3 aromatic rings. The third-order valence-corrected chi connectivity index (χ3v) is 5.99. The van der Waals surface area contributed by atoms with Gasteiger partial charge in [0, 0.05) is 0 Å². The molecular weight excluding hydrogens is 402 g/mol. The number of ether oxygens (including phenoxy) is 1. The first-order valence-corrected chi connectivity index (χ1v) is 10.1. The van der Waals surface area contributed by atoms with Gasteiger partial charge in [0.1, 0.15) is 30.2 Å². The Labute approximate surface area is 165 Å². The molecule has 1 aliphatic heterocycles. The number of benzene rings is 1. The maximum atomic E-state index is 12.3. The van der Waals surface area contributed by atoms with Gasteiger partial charge in [-0.3, -0.25) is 8.75 Å². The molecular formula is C17H19N5O6S. The van der Waals surface area contributed by atoms with Crippen LogP contribution in [0.3, 0.4) is 0 Å². The van der Waals surface area contributed by atoms with E-state index in [0.717, 1.165) is 5.56 Å². The van der Waals surface area contributed by atoms with Crippen molar-refractivity contribution >= 4 is 27.1 Å². The van der Waals surface area contributed by atoms with Gasteiger partial charge in [-0.1, -0.05) is 17.7 Å². The summed E-state index contributed by atoms with van der Waals surface area (Å²) in [6.07, 6.45) is -2.30. The molecule has 4 atom stereocenters. The summed E-state index contributed by atoms with van der Waals surface area (Å²) in [4.78, 5) is 12.0. The van der Waals surface area contributed by atoms with Gasteiger partial charge in [-0.05, 0) is 19.1 Å². The molecule has 0 bridgehead atoms. The molecule has 1 aliphatic rings. The highest BCUT2D eigenvalue weighted by atomic mass is 32.2. The fraction of sp³-hybridized carbons (Fsp3) is 0.353. The summed E-state index contributed by atoms with van der Waals surface area (Å²) in [6, 6.07) is 6.15. The van der Waals surface area contributed by atoms with Crippen molar-refractivity contribution in [2.75, 3.05) is 12.3 Å². The number of hydrogen-bond acceptors (Lipinski definition) is 10. The van der Waals surface area contributed by atoms with Crippen LogP contribution < -0.4 is 5.73 Å². The molecule has 1 aromatic carbocycles. The summed E-state index contributed by atoms with van der Waals surface area (Å²) in [5, 5.41) is 20.7. The third kappa shape index (κ3) is 3.56. The van der Waals surface area contributed by atoms with Crippen LogP contribution in [0.2, 0.25) is 0 Å². The van der Waals surface area contributed by atoms with Crippen LogP contribution in [0.1, 0.15) is 11.8 Å². The molecule has 1 fully saturated rings. The van der Waals surface area contributed by atoms with Crippen molar-refractivity contribution in [3.8, 4) is 0 Å². The van der Waals surface area contributed by atoms with Gasteiger partial charge in [0.25, 0.3) is 10.1 Å². The van der Waals surface area contributed by atoms with Gasteiger partial charge in [0.2, 0.25) is 0 Å². The molecule has 4 N–H and O–H groups in total. The quantitative estimate of drug-likeness (QED) is 0.468. The Hall–Kier alpha value is -2.64. The van der Waals surface area contributed by atoms with E-state index in [2.05, 4.69) is 15.0 Å². The molecule has 0 amide bonds. The predicted molar refractivity (Wildman–Crippen MR) is 100.0 cm³/mol. The zero-order valence-electron chi connectivity index (χ0n) is 15.3. The molecule has 0 radical (unpaired) electrons. The largest absolute Gasteiger partial charge is 0.387 e. The number of aliphatic hydroxyl groups excluding tert-OH is 2. The van der Waals surface area contributed by atoms with E-state index in [1.54, 1.807) is 12.1 Å². The Bertz CT molecular complexity index is 1130. The highest BCUT2D eigenvalue weighted by molar-refractivity contribution is 7.86. The van der Waals surface area contributed by atoms with Crippen LogP contribution >= 0.6 is 0 Å². The lowest BCUT2D eigenvalue weighted by Crippen LogP contribution is -2.34. The van der Waals surface area contributed by atoms with Gasteiger partial charge in [0.05, 0.1) is 17.8 Å². The van der Waals surface area contributed by atoms with Gasteiger partial charge >= 0.3 is 0 Å². The maximum Gasteiger partial charge on any atom is 0.297 e. The molecule has 0 spiro atoms. The summed E-state index contributed by atoms with van der Waals surface area (Å²) in [5.41, 5.74) is 7.28. The standard InChI is InChI=1S/C17H19N5O6S/c1-9-2-4-10(5-3-9)29(25,26)27-6-11-13(23)14(24)17(28-11)22-8-21-12-15(18)19-7-20-16(12)22/h2-5,7-8,11,13-14,17,23-24H,6H2,1H3,(H2,18,19,20)/t11-,13-,14+,17-/m0/s1. The second-order valence-corrected chi connectivity index (χ2v) is 8.30. The molecule has 11 nitrogen and oxygen atoms in total. The van der Waals surface area contributed by atoms with Crippen LogP contribution in [0.4, 0.5) is 5.82 Å². The van der Waals surface area contributed by atoms with E-state index in [1.165, 1.54) is 29.4 Å². The number of nitrogen functional groups attached to an aromatic ring is 1. The van der Waals surface area contributed by atoms with Crippen molar-refractivity contribution in [1.82, 2.24) is 19.5 Å². The van der Waals surface area contributed by atoms with Crippen molar-refractivity contribution in [3.63, 3.8) is 0 Å². The minimum absolute atomic E-state index is 0.0135. The lowest BCUT2D eigenvalue weighted by Gasteiger charge is -2.16. The van der Waals surface area contributed by atoms with E-state index in [4.69, 9.17) is 14.7 Å². The first-order chi connectivity index (χ1) is 13.8. The van der Waals surface area contributed by atoms with E-state index in [0.29, 0.717) is 11.2 Å². The Kier molecular flexibility index (Phi) is 4.96. The van der Waals surface area contributed by atoms with Gasteiger partial charge in [0.15, 0.2) is 17.7 Å². The lowest BCUT2D eigenvalue weighted by atomic mass is 10.1. The minimum Gasteiger partial charge on any atom is -0.387 e. The summed E-state index contributed by atoms with van der Waals surface area (Å²) >= 11 is 0. The second-order valence-electron chi connectivity index (χ2n) is 6.68. The number of aromatic nitrogens is 4. The Balaban J connectivity index is 1.51. The third-order valence-electron chi connectivity index (χ3n) is 4.70. The summed E-state index contributed by atoms with van der Waals surface area (Å²) in [5.74, 6) is 0.158. The predicted octanol–water partition coefficient (Wildman–Crippen LogP) is -0.258. The fourth-order valence-corrected chi connectivity index (χ4v) is 4.00. The van der Waals surface area contributed by atoms with Crippen molar-refractivity contribution in [2.24, 2.45) is 0 Å². The Morgan fingerprint density at radius 2 is 1.90 bits per heavy atom. The zero-order valence-corrected chi connectivity index (χ0v) is 16.1. The van der Waals surface area contributed by atoms with Crippen LogP contribution in [0, 0.1) is 6.92 Å². The Morgan fingerprint density at radius 3 is 2.62 bits per heavy atom. The Morgan fingerprint density at radius 1 is 1.17 bits per heavy atom. The molecule has 2 aromatic heterocycles. The van der Waals surface area contributed by atoms with Crippen molar-refractivity contribution in [2.45, 2.75) is 36.4 Å². The average Bonchev–Trinajstić information content (AvgIpc) is 3.24. The van der Waals surface area contributed by atoms with Crippen LogP contribution in [-0.2, 0) is 19.0 Å². The van der Waals surface area contributed by atoms with Crippen molar-refractivity contribution in [3.05, 3.63) is 42.5 Å². The van der Waals surface area contributed by atoms with E-state index < -0.39 is 41.3 Å². The number of fused-ring (bicyclic) bond motifs is 1. The van der Waals surface area contributed by atoms with Gasteiger partial charge in [-0.15, -0.1) is 0 Å². The molecule has 12 heteroatoms. The van der Waals surface area contributed by atoms with Crippen LogP contribution in [0.5, 0.6) is 0 Å². The SMILES string of the molecule is Cc1ccc(S(=O)(=O)OC[C@@H]2O[C@H](n3cnc4c(N)ncnc43)[C@H](O)[C@H]2O)cc1. The molecule has 0 unspecified atom stereocenters. The number of rotatable bonds is 5. The second kappa shape index (κ2) is 7.31. The highest BCUT2D eigenvalue weighted by Gasteiger charge is 2.45. The number of aliphatic hydroxyl groups is 2. The molecule has 0 saturated carbocycles. The molecule has 29 heavy (non-hydrogen) atoms. The number of aryl methyl sites for hydroxylation is 1. The zero-order chi connectivity index (χ0) is 20.8. The first kappa shape index (κ1) is 19.7. The summed E-state index contributed by atoms with van der Waals surface area (Å²) in [7, 11) is -4.05. The van der Waals surface area contributed by atoms with Crippen molar-refractivity contribution in [1.29, 1.82) is 0 Å². The first-order valence-electron chi connectivity index (χ1n) is 8.68. The van der Waals surface area contributed by atoms with E-state index >= 15 is 0 Å². The normalized spacial score (nSPS) is 24.9. The van der Waals surface area contributed by atoms with Gasteiger partial charge in [-0.25, -0.2) is 15.0 Å². The number of anilines is 1. The maximum absolute atomic E-state index is 12.3. The van der Waals surface area contributed by atoms with E-state index in [9.17, 15) is 18.6 Å². The molecule has 0 aliphatic carbocycles. The fourth-order valence-electron chi connectivity index (χ4n) is 3.08. The van der Waals surface area contributed by atoms with Crippen LogP contribution in [0.25, 0.3) is 11.2 Å². The number of hydrogen-bond donors (Lipinski definition) is 3. The van der Waals surface area contributed by atoms with E-state index in [1.807, 2.05) is 6.92 Å².